The third-order valence-electron chi connectivity index (χ3n) is 3.13. The molecule has 0 saturated heterocycles. The number of nitrogens with one attached hydrogen (secondary N) is 1. The van der Waals surface area contributed by atoms with Crippen LogP contribution in [-0.4, -0.2) is 42.1 Å². The van der Waals surface area contributed by atoms with Crippen LogP contribution in [-0.2, 0) is 0 Å². The molecule has 2 atom stereocenters. The van der Waals surface area contributed by atoms with Gasteiger partial charge in [0.2, 0.25) is 0 Å². The van der Waals surface area contributed by atoms with Gasteiger partial charge in [0, 0.05) is 19.2 Å². The van der Waals surface area contributed by atoms with Crippen molar-refractivity contribution in [2.45, 2.75) is 32.4 Å². The topological polar surface area (TPSA) is 61.7 Å². The van der Waals surface area contributed by atoms with Gasteiger partial charge in [-0.1, -0.05) is 37.6 Å². The van der Waals surface area contributed by atoms with Gasteiger partial charge in [-0.25, -0.2) is 0 Å². The average Bonchev–Trinajstić information content (AvgIpc) is 2.42. The zero-order chi connectivity index (χ0) is 15.0. The minimum Gasteiger partial charge on any atom is -0.489 e. The molecule has 5 heteroatoms. The van der Waals surface area contributed by atoms with Crippen LogP contribution in [0.4, 0.5) is 0 Å². The van der Waals surface area contributed by atoms with E-state index in [9.17, 15) is 5.11 Å². The molecule has 20 heavy (non-hydrogen) atoms. The summed E-state index contributed by atoms with van der Waals surface area (Å²) in [5.41, 5.74) is 0. The van der Waals surface area contributed by atoms with Crippen molar-refractivity contribution in [1.29, 1.82) is 0 Å². The molecule has 0 radical (unpaired) electrons. The third kappa shape index (κ3) is 6.09. The second-order valence-corrected chi connectivity index (χ2v) is 5.57. The zero-order valence-corrected chi connectivity index (χ0v) is 12.8. The van der Waals surface area contributed by atoms with E-state index in [1.165, 1.54) is 0 Å². The standard InChI is InChI=1S/C15H24ClNO3/c1-11(2)14(7-8-18)17-9-12(19)10-20-15-6-4-3-5-13(15)16/h3-6,11-12,14,17-19H,7-10H2,1-2H3. The van der Waals surface area contributed by atoms with Crippen LogP contribution in [0.25, 0.3) is 0 Å². The highest BCUT2D eigenvalue weighted by molar-refractivity contribution is 6.32. The Morgan fingerprint density at radius 2 is 2.00 bits per heavy atom. The van der Waals surface area contributed by atoms with Gasteiger partial charge in [0.05, 0.1) is 5.02 Å². The molecule has 1 aromatic rings. The van der Waals surface area contributed by atoms with E-state index in [-0.39, 0.29) is 19.3 Å². The van der Waals surface area contributed by atoms with Gasteiger partial charge in [0.1, 0.15) is 18.5 Å². The number of benzene rings is 1. The molecular weight excluding hydrogens is 278 g/mol. The molecule has 0 aliphatic carbocycles. The van der Waals surface area contributed by atoms with Crippen molar-refractivity contribution >= 4 is 11.6 Å². The van der Waals surface area contributed by atoms with Gasteiger partial charge in [0.25, 0.3) is 0 Å². The first kappa shape index (κ1) is 17.2. The molecule has 4 nitrogen and oxygen atoms in total. The van der Waals surface area contributed by atoms with Crippen LogP contribution in [0, 0.1) is 5.92 Å². The summed E-state index contributed by atoms with van der Waals surface area (Å²) >= 11 is 5.97. The van der Waals surface area contributed by atoms with E-state index >= 15 is 0 Å². The van der Waals surface area contributed by atoms with Crippen molar-refractivity contribution in [3.8, 4) is 5.75 Å². The Balaban J connectivity index is 2.33. The molecule has 0 aliphatic rings. The Hall–Kier alpha value is -0.810. The number of rotatable bonds is 9. The van der Waals surface area contributed by atoms with Crippen LogP contribution in [0.2, 0.25) is 5.02 Å². The molecule has 1 aromatic carbocycles. The number of halogens is 1. The Morgan fingerprint density at radius 1 is 1.30 bits per heavy atom. The second-order valence-electron chi connectivity index (χ2n) is 5.17. The molecule has 0 aliphatic heterocycles. The van der Waals surface area contributed by atoms with Gasteiger partial charge in [-0.2, -0.15) is 0 Å². The van der Waals surface area contributed by atoms with Crippen LogP contribution >= 0.6 is 11.6 Å². The molecule has 0 saturated carbocycles. The zero-order valence-electron chi connectivity index (χ0n) is 12.1. The first-order valence-corrected chi connectivity index (χ1v) is 7.32. The number of hydrogen-bond donors (Lipinski definition) is 3. The maximum atomic E-state index is 9.91. The molecule has 0 aromatic heterocycles. The maximum Gasteiger partial charge on any atom is 0.138 e. The Kier molecular flexibility index (Phi) is 7.92. The van der Waals surface area contributed by atoms with Crippen molar-refractivity contribution < 1.29 is 14.9 Å². The summed E-state index contributed by atoms with van der Waals surface area (Å²) in [5, 5.41) is 22.7. The Labute approximate surface area is 125 Å². The highest BCUT2D eigenvalue weighted by Crippen LogP contribution is 2.23. The normalized spacial score (nSPS) is 14.3. The van der Waals surface area contributed by atoms with E-state index < -0.39 is 6.10 Å². The molecule has 0 amide bonds. The monoisotopic (exact) mass is 301 g/mol. The summed E-state index contributed by atoms with van der Waals surface area (Å²) in [6.45, 7) is 4.91. The first-order valence-electron chi connectivity index (χ1n) is 6.94. The predicted octanol–water partition coefficient (Wildman–Crippen LogP) is 2.08. The number of para-hydroxylation sites is 1. The smallest absolute Gasteiger partial charge is 0.138 e. The highest BCUT2D eigenvalue weighted by atomic mass is 35.5. The number of hydrogen-bond acceptors (Lipinski definition) is 4. The van der Waals surface area contributed by atoms with Crippen molar-refractivity contribution in [3.05, 3.63) is 29.3 Å². The van der Waals surface area contributed by atoms with Crippen molar-refractivity contribution in [2.75, 3.05) is 19.8 Å². The molecule has 114 valence electrons. The number of aliphatic hydroxyl groups is 2. The molecule has 1 rings (SSSR count). The Morgan fingerprint density at radius 3 is 2.60 bits per heavy atom. The SMILES string of the molecule is CC(C)C(CCO)NCC(O)COc1ccccc1Cl. The van der Waals surface area contributed by atoms with Gasteiger partial charge in [-0.3, -0.25) is 0 Å². The lowest BCUT2D eigenvalue weighted by atomic mass is 10.0. The third-order valence-corrected chi connectivity index (χ3v) is 3.44. The summed E-state index contributed by atoms with van der Waals surface area (Å²) in [4.78, 5) is 0. The molecule has 0 bridgehead atoms. The quantitative estimate of drug-likeness (QED) is 0.653. The minimum atomic E-state index is -0.619. The minimum absolute atomic E-state index is 0.141. The van der Waals surface area contributed by atoms with E-state index in [1.807, 2.05) is 12.1 Å². The van der Waals surface area contributed by atoms with Gasteiger partial charge in [0.15, 0.2) is 0 Å². The number of ether oxygens (including phenoxy) is 1. The van der Waals surface area contributed by atoms with Gasteiger partial charge in [-0.15, -0.1) is 0 Å². The fourth-order valence-electron chi connectivity index (χ4n) is 1.90. The van der Waals surface area contributed by atoms with Crippen LogP contribution in [0.1, 0.15) is 20.3 Å². The average molecular weight is 302 g/mol. The van der Waals surface area contributed by atoms with E-state index in [2.05, 4.69) is 19.2 Å². The summed E-state index contributed by atoms with van der Waals surface area (Å²) in [6, 6.07) is 7.37. The lowest BCUT2D eigenvalue weighted by molar-refractivity contribution is 0.0995. The van der Waals surface area contributed by atoms with Crippen molar-refractivity contribution in [2.24, 2.45) is 5.92 Å². The largest absolute Gasteiger partial charge is 0.489 e. The van der Waals surface area contributed by atoms with Gasteiger partial charge in [-0.05, 0) is 24.5 Å². The van der Waals surface area contributed by atoms with Crippen molar-refractivity contribution in [3.63, 3.8) is 0 Å². The lowest BCUT2D eigenvalue weighted by Crippen LogP contribution is -2.41. The first-order chi connectivity index (χ1) is 9.54. The molecular formula is C15H24ClNO3. The fraction of sp³-hybridized carbons (Fsp3) is 0.600. The van der Waals surface area contributed by atoms with Crippen LogP contribution < -0.4 is 10.1 Å². The maximum absolute atomic E-state index is 9.91. The predicted molar refractivity (Wildman–Crippen MR) is 81.3 cm³/mol. The second kappa shape index (κ2) is 9.19. The van der Waals surface area contributed by atoms with E-state index in [0.717, 1.165) is 0 Å². The van der Waals surface area contributed by atoms with Crippen molar-refractivity contribution in [1.82, 2.24) is 5.32 Å². The highest BCUT2D eigenvalue weighted by Gasteiger charge is 2.14. The summed E-state index contributed by atoms with van der Waals surface area (Å²) in [6.07, 6.45) is 0.0571. The molecule has 3 N–H and O–H groups in total. The summed E-state index contributed by atoms with van der Waals surface area (Å²) < 4.78 is 5.48. The molecule has 0 spiro atoms. The fourth-order valence-corrected chi connectivity index (χ4v) is 2.09. The number of aliphatic hydroxyl groups excluding tert-OH is 2. The molecule has 0 heterocycles. The van der Waals surface area contributed by atoms with E-state index in [0.29, 0.717) is 29.7 Å². The lowest BCUT2D eigenvalue weighted by Gasteiger charge is -2.23. The Bertz CT molecular complexity index is 387. The van der Waals surface area contributed by atoms with Gasteiger partial charge < -0.3 is 20.3 Å². The van der Waals surface area contributed by atoms with E-state index in [4.69, 9.17) is 21.4 Å². The summed E-state index contributed by atoms with van der Waals surface area (Å²) in [5.74, 6) is 0.975. The van der Waals surface area contributed by atoms with Gasteiger partial charge >= 0.3 is 0 Å². The van der Waals surface area contributed by atoms with E-state index in [1.54, 1.807) is 12.1 Å². The van der Waals surface area contributed by atoms with Crippen LogP contribution in [0.3, 0.4) is 0 Å². The molecule has 2 unspecified atom stereocenters. The van der Waals surface area contributed by atoms with Crippen LogP contribution in [0.15, 0.2) is 24.3 Å². The van der Waals surface area contributed by atoms with Crippen LogP contribution in [0.5, 0.6) is 5.75 Å². The molecule has 0 fully saturated rings. The summed E-state index contributed by atoms with van der Waals surface area (Å²) in [7, 11) is 0.